The number of pyridine rings is 1. The van der Waals surface area contributed by atoms with E-state index in [4.69, 9.17) is 5.11 Å². The summed E-state index contributed by atoms with van der Waals surface area (Å²) >= 11 is 1.45. The van der Waals surface area contributed by atoms with Crippen LogP contribution in [-0.4, -0.2) is 22.0 Å². The number of nitrogens with one attached hydrogen (secondary N) is 1. The molecular weight excluding hydrogens is 276 g/mol. The fraction of sp³-hybridized carbons (Fsp3) is 0.214. The van der Waals surface area contributed by atoms with E-state index in [0.29, 0.717) is 10.6 Å². The lowest BCUT2D eigenvalue weighted by Crippen LogP contribution is -2.11. The van der Waals surface area contributed by atoms with E-state index in [1.165, 1.54) is 34.7 Å². The fourth-order valence-electron chi connectivity index (χ4n) is 1.80. The lowest BCUT2D eigenvalue weighted by Gasteiger charge is -2.03. The zero-order valence-corrected chi connectivity index (χ0v) is 12.0. The molecule has 0 bridgehead atoms. The summed E-state index contributed by atoms with van der Waals surface area (Å²) in [6.45, 7) is 4.01. The van der Waals surface area contributed by atoms with E-state index < -0.39 is 5.97 Å². The molecule has 2 aromatic rings. The molecule has 0 saturated carbocycles. The first-order chi connectivity index (χ1) is 9.51. The van der Waals surface area contributed by atoms with Crippen LogP contribution < -0.4 is 5.32 Å². The molecule has 20 heavy (non-hydrogen) atoms. The highest BCUT2D eigenvalue weighted by Crippen LogP contribution is 2.23. The van der Waals surface area contributed by atoms with Crippen LogP contribution in [0.4, 0.5) is 5.69 Å². The fourth-order valence-corrected chi connectivity index (χ4v) is 2.81. The number of carbonyl (C=O) groups is 2. The number of hydrogen-bond acceptors (Lipinski definition) is 4. The van der Waals surface area contributed by atoms with Crippen LogP contribution in [0.1, 0.15) is 37.4 Å². The molecule has 6 heteroatoms. The van der Waals surface area contributed by atoms with Gasteiger partial charge in [0.1, 0.15) is 0 Å². The van der Waals surface area contributed by atoms with Crippen molar-refractivity contribution in [2.45, 2.75) is 20.3 Å². The average molecular weight is 290 g/mol. The molecule has 0 radical (unpaired) electrons. The first-order valence-corrected chi connectivity index (χ1v) is 6.92. The van der Waals surface area contributed by atoms with Gasteiger partial charge in [-0.3, -0.25) is 9.78 Å². The highest BCUT2D eigenvalue weighted by atomic mass is 32.1. The van der Waals surface area contributed by atoms with E-state index in [0.717, 1.165) is 12.0 Å². The molecule has 2 aromatic heterocycles. The van der Waals surface area contributed by atoms with E-state index in [1.54, 1.807) is 0 Å². The van der Waals surface area contributed by atoms with Gasteiger partial charge < -0.3 is 10.4 Å². The second kappa shape index (κ2) is 5.83. The highest BCUT2D eigenvalue weighted by Gasteiger charge is 2.13. The average Bonchev–Trinajstić information content (AvgIpc) is 2.80. The summed E-state index contributed by atoms with van der Waals surface area (Å²) in [5, 5.41) is 11.5. The molecule has 1 amide bonds. The number of thiophene rings is 1. The van der Waals surface area contributed by atoms with E-state index >= 15 is 0 Å². The summed E-state index contributed by atoms with van der Waals surface area (Å²) in [7, 11) is 0. The number of amides is 1. The van der Waals surface area contributed by atoms with Crippen molar-refractivity contribution >= 4 is 28.9 Å². The van der Waals surface area contributed by atoms with Crippen molar-refractivity contribution < 1.29 is 14.7 Å². The van der Waals surface area contributed by atoms with Gasteiger partial charge in [-0.2, -0.15) is 0 Å². The molecule has 2 heterocycles. The lowest BCUT2D eigenvalue weighted by atomic mass is 10.2. The monoisotopic (exact) mass is 290 g/mol. The number of aryl methyl sites for hydroxylation is 2. The normalized spacial score (nSPS) is 10.3. The minimum atomic E-state index is -1.08. The minimum Gasteiger partial charge on any atom is -0.478 e. The van der Waals surface area contributed by atoms with Gasteiger partial charge in [0.05, 0.1) is 22.3 Å². The molecule has 0 fully saturated rings. The van der Waals surface area contributed by atoms with Gasteiger partial charge in [0.15, 0.2) is 0 Å². The van der Waals surface area contributed by atoms with Crippen molar-refractivity contribution in [2.24, 2.45) is 0 Å². The maximum Gasteiger partial charge on any atom is 0.337 e. The van der Waals surface area contributed by atoms with Crippen molar-refractivity contribution in [1.82, 2.24) is 4.98 Å². The first kappa shape index (κ1) is 14.2. The third-order valence-electron chi connectivity index (χ3n) is 2.81. The van der Waals surface area contributed by atoms with E-state index in [2.05, 4.69) is 10.3 Å². The van der Waals surface area contributed by atoms with Crippen LogP contribution in [0, 0.1) is 6.92 Å². The molecule has 0 spiro atoms. The Hall–Kier alpha value is -2.21. The molecule has 0 aliphatic heterocycles. The van der Waals surface area contributed by atoms with Gasteiger partial charge in [-0.05, 0) is 31.0 Å². The van der Waals surface area contributed by atoms with Crippen molar-refractivity contribution in [3.05, 3.63) is 45.4 Å². The number of anilines is 1. The molecule has 2 rings (SSSR count). The van der Waals surface area contributed by atoms with E-state index in [9.17, 15) is 9.59 Å². The zero-order chi connectivity index (χ0) is 14.7. The van der Waals surface area contributed by atoms with Gasteiger partial charge in [-0.15, -0.1) is 11.3 Å². The number of aromatic carboxylic acids is 1. The van der Waals surface area contributed by atoms with Crippen LogP contribution in [-0.2, 0) is 6.42 Å². The molecule has 2 N–H and O–H groups in total. The Bertz CT molecular complexity index is 664. The van der Waals surface area contributed by atoms with E-state index in [-0.39, 0.29) is 11.5 Å². The number of carboxylic acid groups (broad SMARTS) is 1. The Morgan fingerprint density at radius 3 is 2.70 bits per heavy atom. The molecule has 0 unspecified atom stereocenters. The summed E-state index contributed by atoms with van der Waals surface area (Å²) < 4.78 is 0. The van der Waals surface area contributed by atoms with Gasteiger partial charge in [0, 0.05) is 11.1 Å². The maximum absolute atomic E-state index is 12.1. The molecule has 0 saturated heterocycles. The maximum atomic E-state index is 12.1. The minimum absolute atomic E-state index is 0.0411. The van der Waals surface area contributed by atoms with Crippen molar-refractivity contribution in [3.8, 4) is 0 Å². The number of aromatic nitrogens is 1. The molecular formula is C14H14N2O3S. The topological polar surface area (TPSA) is 79.3 Å². The molecule has 0 aliphatic rings. The third kappa shape index (κ3) is 3.03. The Kier molecular flexibility index (Phi) is 4.14. The Labute approximate surface area is 120 Å². The Balaban J connectivity index is 2.18. The van der Waals surface area contributed by atoms with Crippen molar-refractivity contribution in [1.29, 1.82) is 0 Å². The number of carboxylic acids is 1. The SMILES string of the molecule is CCc1sc(C(=O)Nc2cncc(C(=O)O)c2)cc1C. The smallest absolute Gasteiger partial charge is 0.337 e. The van der Waals surface area contributed by atoms with Crippen LogP contribution in [0.5, 0.6) is 0 Å². The second-order valence-electron chi connectivity index (χ2n) is 4.29. The molecule has 0 aromatic carbocycles. The van der Waals surface area contributed by atoms with Crippen LogP contribution in [0.3, 0.4) is 0 Å². The number of carbonyl (C=O) groups excluding carboxylic acids is 1. The van der Waals surface area contributed by atoms with Crippen LogP contribution in [0.25, 0.3) is 0 Å². The Morgan fingerprint density at radius 1 is 1.35 bits per heavy atom. The predicted molar refractivity (Wildman–Crippen MR) is 77.6 cm³/mol. The molecule has 5 nitrogen and oxygen atoms in total. The zero-order valence-electron chi connectivity index (χ0n) is 11.1. The van der Waals surface area contributed by atoms with Crippen LogP contribution in [0.2, 0.25) is 0 Å². The highest BCUT2D eigenvalue weighted by molar-refractivity contribution is 7.14. The van der Waals surface area contributed by atoms with Gasteiger partial charge >= 0.3 is 5.97 Å². The quantitative estimate of drug-likeness (QED) is 0.907. The lowest BCUT2D eigenvalue weighted by molar-refractivity contribution is 0.0696. The third-order valence-corrected chi connectivity index (χ3v) is 4.19. The number of hydrogen-bond donors (Lipinski definition) is 2. The largest absolute Gasteiger partial charge is 0.478 e. The first-order valence-electron chi connectivity index (χ1n) is 6.10. The van der Waals surface area contributed by atoms with Crippen molar-refractivity contribution in [3.63, 3.8) is 0 Å². The van der Waals surface area contributed by atoms with Gasteiger partial charge in [-0.25, -0.2) is 4.79 Å². The summed E-state index contributed by atoms with van der Waals surface area (Å²) in [5.74, 6) is -1.32. The molecule has 104 valence electrons. The van der Waals surface area contributed by atoms with Crippen LogP contribution in [0.15, 0.2) is 24.5 Å². The van der Waals surface area contributed by atoms with Gasteiger partial charge in [0.2, 0.25) is 0 Å². The molecule has 0 aliphatic carbocycles. The van der Waals surface area contributed by atoms with E-state index in [1.807, 2.05) is 19.9 Å². The van der Waals surface area contributed by atoms with Gasteiger partial charge in [0.25, 0.3) is 5.91 Å². The summed E-state index contributed by atoms with van der Waals surface area (Å²) in [5.41, 5.74) is 1.51. The van der Waals surface area contributed by atoms with Crippen molar-refractivity contribution in [2.75, 3.05) is 5.32 Å². The number of rotatable bonds is 4. The predicted octanol–water partition coefficient (Wildman–Crippen LogP) is 2.96. The summed E-state index contributed by atoms with van der Waals surface area (Å²) in [6.07, 6.45) is 3.55. The second-order valence-corrected chi connectivity index (χ2v) is 5.43. The summed E-state index contributed by atoms with van der Waals surface area (Å²) in [6, 6.07) is 3.22. The summed E-state index contributed by atoms with van der Waals surface area (Å²) in [4.78, 5) is 28.5. The molecule has 0 atom stereocenters. The van der Waals surface area contributed by atoms with Gasteiger partial charge in [-0.1, -0.05) is 6.92 Å². The number of nitrogens with zero attached hydrogens (tertiary/aromatic N) is 1. The Morgan fingerprint density at radius 2 is 2.10 bits per heavy atom. The van der Waals surface area contributed by atoms with Crippen LogP contribution >= 0.6 is 11.3 Å². The standard InChI is InChI=1S/C14H14N2O3S/c1-3-11-8(2)4-12(20-11)13(17)16-10-5-9(14(18)19)6-15-7-10/h4-7H,3H2,1-2H3,(H,16,17)(H,18,19).